The number of pyridine rings is 1. The van der Waals surface area contributed by atoms with Gasteiger partial charge in [-0.05, 0) is 63.6 Å². The lowest BCUT2D eigenvalue weighted by molar-refractivity contribution is 0.101. The fourth-order valence-corrected chi connectivity index (χ4v) is 2.95. The molecule has 0 radical (unpaired) electrons. The smallest absolute Gasteiger partial charge is 0.219 e. The molecule has 5 heteroatoms. The van der Waals surface area contributed by atoms with Crippen LogP contribution in [0.4, 0.5) is 0 Å². The first kappa shape index (κ1) is 18.2. The number of aryl methyl sites for hydroxylation is 1. The number of hydrogen-bond acceptors (Lipinski definition) is 4. The van der Waals surface area contributed by atoms with Crippen LogP contribution in [0, 0.1) is 6.92 Å². The zero-order chi connectivity index (χ0) is 18.8. The summed E-state index contributed by atoms with van der Waals surface area (Å²) in [5, 5.41) is 1.35. The molecule has 0 saturated carbocycles. The lowest BCUT2D eigenvalue weighted by atomic mass is 10.1. The zero-order valence-electron chi connectivity index (χ0n) is 15.2. The summed E-state index contributed by atoms with van der Waals surface area (Å²) in [6, 6.07) is 12.7. The average Bonchev–Trinajstić information content (AvgIpc) is 2.57. The van der Waals surface area contributed by atoms with E-state index >= 15 is 0 Å². The molecular formula is C21H20ClNO3. The fourth-order valence-electron chi connectivity index (χ4n) is 2.66. The molecule has 0 aliphatic heterocycles. The molecule has 0 aliphatic carbocycles. The zero-order valence-corrected chi connectivity index (χ0v) is 15.9. The maximum atomic E-state index is 11.5. The van der Waals surface area contributed by atoms with Gasteiger partial charge in [0.1, 0.15) is 5.75 Å². The highest BCUT2D eigenvalue weighted by atomic mass is 35.5. The summed E-state index contributed by atoms with van der Waals surface area (Å²) < 4.78 is 11.6. The van der Waals surface area contributed by atoms with Crippen molar-refractivity contribution in [2.24, 2.45) is 0 Å². The van der Waals surface area contributed by atoms with Gasteiger partial charge in [0.15, 0.2) is 11.5 Å². The van der Waals surface area contributed by atoms with E-state index in [4.69, 9.17) is 21.1 Å². The number of ether oxygens (including phenoxy) is 2. The van der Waals surface area contributed by atoms with Gasteiger partial charge in [-0.2, -0.15) is 0 Å². The third-order valence-electron chi connectivity index (χ3n) is 3.85. The molecule has 0 bridgehead atoms. The van der Waals surface area contributed by atoms with Crippen molar-refractivity contribution in [1.82, 2.24) is 4.98 Å². The van der Waals surface area contributed by atoms with Crippen molar-refractivity contribution in [2.45, 2.75) is 33.8 Å². The molecule has 26 heavy (non-hydrogen) atoms. The lowest BCUT2D eigenvalue weighted by Crippen LogP contribution is -2.05. The maximum absolute atomic E-state index is 11.5. The quantitative estimate of drug-likeness (QED) is 0.519. The van der Waals surface area contributed by atoms with Gasteiger partial charge in [-0.25, -0.2) is 4.98 Å². The number of carbonyl (C=O) groups excluding carboxylic acids is 1. The largest absolute Gasteiger partial charge is 0.491 e. The van der Waals surface area contributed by atoms with E-state index in [2.05, 4.69) is 4.98 Å². The molecule has 0 spiro atoms. The number of rotatable bonds is 5. The second-order valence-corrected chi connectivity index (χ2v) is 6.84. The van der Waals surface area contributed by atoms with Crippen LogP contribution in [-0.4, -0.2) is 16.9 Å². The van der Waals surface area contributed by atoms with Crippen molar-refractivity contribution in [2.75, 3.05) is 0 Å². The Bertz CT molecular complexity index is 959. The van der Waals surface area contributed by atoms with E-state index in [-0.39, 0.29) is 11.9 Å². The number of Topliss-reactive ketones (excluding diaryl/α,β-unsaturated/α-hetero) is 1. The molecule has 3 rings (SSSR count). The highest BCUT2D eigenvalue weighted by Gasteiger charge is 2.12. The van der Waals surface area contributed by atoms with Crippen molar-refractivity contribution in [1.29, 1.82) is 0 Å². The minimum absolute atomic E-state index is 0.0262. The van der Waals surface area contributed by atoms with Crippen LogP contribution in [0.5, 0.6) is 17.4 Å². The number of benzene rings is 2. The molecule has 0 atom stereocenters. The number of nitrogens with zero attached hydrogens (tertiary/aromatic N) is 1. The Morgan fingerprint density at radius 3 is 2.54 bits per heavy atom. The Kier molecular flexibility index (Phi) is 5.14. The average molecular weight is 370 g/mol. The van der Waals surface area contributed by atoms with Crippen LogP contribution >= 0.6 is 11.6 Å². The minimum atomic E-state index is 0.0262. The van der Waals surface area contributed by atoms with E-state index in [0.29, 0.717) is 28.0 Å². The fraction of sp³-hybridized carbons (Fsp3) is 0.238. The van der Waals surface area contributed by atoms with Crippen LogP contribution in [0.25, 0.3) is 10.9 Å². The first-order valence-corrected chi connectivity index (χ1v) is 8.77. The van der Waals surface area contributed by atoms with E-state index in [1.54, 1.807) is 25.1 Å². The molecule has 3 aromatic rings. The molecule has 0 N–H and O–H groups in total. The number of carbonyl (C=O) groups is 1. The predicted octanol–water partition coefficient (Wildman–Crippen LogP) is 5.98. The maximum Gasteiger partial charge on any atom is 0.219 e. The topological polar surface area (TPSA) is 48.4 Å². The Labute approximate surface area is 157 Å². The van der Waals surface area contributed by atoms with Crippen LogP contribution in [0.3, 0.4) is 0 Å². The number of fused-ring (bicyclic) bond motifs is 1. The van der Waals surface area contributed by atoms with E-state index < -0.39 is 0 Å². The summed E-state index contributed by atoms with van der Waals surface area (Å²) in [5.41, 5.74) is 2.27. The first-order chi connectivity index (χ1) is 12.3. The van der Waals surface area contributed by atoms with Gasteiger partial charge in [-0.3, -0.25) is 4.79 Å². The van der Waals surface area contributed by atoms with Gasteiger partial charge < -0.3 is 9.47 Å². The van der Waals surface area contributed by atoms with Gasteiger partial charge in [0.05, 0.1) is 16.6 Å². The van der Waals surface area contributed by atoms with E-state index in [9.17, 15) is 4.79 Å². The SMILES string of the molecule is CC(=O)c1ccc2nc(Oc3c(C)cc(OC(C)C)cc3Cl)ccc2c1. The molecular weight excluding hydrogens is 350 g/mol. The van der Waals surface area contributed by atoms with Crippen molar-refractivity contribution in [3.63, 3.8) is 0 Å². The number of ketones is 1. The monoisotopic (exact) mass is 369 g/mol. The molecule has 0 saturated heterocycles. The Hall–Kier alpha value is -2.59. The highest BCUT2D eigenvalue weighted by Crippen LogP contribution is 2.36. The van der Waals surface area contributed by atoms with E-state index in [1.165, 1.54) is 0 Å². The molecule has 4 nitrogen and oxygen atoms in total. The second-order valence-electron chi connectivity index (χ2n) is 6.43. The molecule has 0 amide bonds. The van der Waals surface area contributed by atoms with Gasteiger partial charge >= 0.3 is 0 Å². The molecule has 134 valence electrons. The summed E-state index contributed by atoms with van der Waals surface area (Å²) in [7, 11) is 0. The van der Waals surface area contributed by atoms with E-state index in [1.807, 2.05) is 45.0 Å². The summed E-state index contributed by atoms with van der Waals surface area (Å²) >= 11 is 6.37. The van der Waals surface area contributed by atoms with Crippen molar-refractivity contribution in [3.8, 4) is 17.4 Å². The number of hydrogen-bond donors (Lipinski definition) is 0. The summed E-state index contributed by atoms with van der Waals surface area (Å²) in [4.78, 5) is 16.0. The van der Waals surface area contributed by atoms with Crippen LogP contribution in [0.1, 0.15) is 36.7 Å². The van der Waals surface area contributed by atoms with Crippen molar-refractivity contribution >= 4 is 28.3 Å². The highest BCUT2D eigenvalue weighted by molar-refractivity contribution is 6.32. The lowest BCUT2D eigenvalue weighted by Gasteiger charge is -2.15. The van der Waals surface area contributed by atoms with Crippen LogP contribution in [-0.2, 0) is 0 Å². The van der Waals surface area contributed by atoms with Crippen molar-refractivity contribution in [3.05, 3.63) is 58.6 Å². The Morgan fingerprint density at radius 2 is 1.88 bits per heavy atom. The van der Waals surface area contributed by atoms with Crippen LogP contribution < -0.4 is 9.47 Å². The van der Waals surface area contributed by atoms with Crippen LogP contribution in [0.2, 0.25) is 5.02 Å². The van der Waals surface area contributed by atoms with E-state index in [0.717, 1.165) is 16.5 Å². The van der Waals surface area contributed by atoms with Gasteiger partial charge in [-0.1, -0.05) is 11.6 Å². The Balaban J connectivity index is 1.91. The van der Waals surface area contributed by atoms with Gasteiger partial charge in [0.25, 0.3) is 0 Å². The molecule has 0 fully saturated rings. The molecule has 1 aromatic heterocycles. The molecule has 1 heterocycles. The Morgan fingerprint density at radius 1 is 1.12 bits per heavy atom. The van der Waals surface area contributed by atoms with Crippen molar-refractivity contribution < 1.29 is 14.3 Å². The summed E-state index contributed by atoms with van der Waals surface area (Å²) in [5.74, 6) is 1.72. The normalized spacial score (nSPS) is 11.0. The third-order valence-corrected chi connectivity index (χ3v) is 4.13. The summed E-state index contributed by atoms with van der Waals surface area (Å²) in [6.07, 6.45) is 0.0688. The predicted molar refractivity (Wildman–Crippen MR) is 104 cm³/mol. The molecule has 0 aliphatic rings. The summed E-state index contributed by atoms with van der Waals surface area (Å²) in [6.45, 7) is 7.38. The molecule has 0 unspecified atom stereocenters. The van der Waals surface area contributed by atoms with Gasteiger partial charge in [-0.15, -0.1) is 0 Å². The number of halogens is 1. The minimum Gasteiger partial charge on any atom is -0.491 e. The second kappa shape index (κ2) is 7.34. The third kappa shape index (κ3) is 3.97. The van der Waals surface area contributed by atoms with Gasteiger partial charge in [0.2, 0.25) is 5.88 Å². The molecule has 2 aromatic carbocycles. The van der Waals surface area contributed by atoms with Crippen LogP contribution in [0.15, 0.2) is 42.5 Å². The number of aromatic nitrogens is 1. The first-order valence-electron chi connectivity index (χ1n) is 8.40. The standard InChI is InChI=1S/C21H20ClNO3/c1-12(2)25-17-9-13(3)21(18(22)11-17)26-20-8-6-16-10-15(14(4)24)5-7-19(16)23-20/h5-12H,1-4H3. The van der Waals surface area contributed by atoms with Gasteiger partial charge in [0, 0.05) is 23.1 Å².